The summed E-state index contributed by atoms with van der Waals surface area (Å²) in [4.78, 5) is 14.8. The Bertz CT molecular complexity index is 319. The van der Waals surface area contributed by atoms with Crippen LogP contribution in [0.15, 0.2) is 0 Å². The van der Waals surface area contributed by atoms with Crippen molar-refractivity contribution in [1.82, 2.24) is 4.90 Å². The number of carbonyl (C=O) groups is 1. The van der Waals surface area contributed by atoms with Crippen molar-refractivity contribution in [2.75, 3.05) is 19.6 Å². The Morgan fingerprint density at radius 3 is 2.44 bits per heavy atom. The second kappa shape index (κ2) is 4.96. The molecule has 1 atom stereocenters. The Hall–Kier alpha value is -0.370. The zero-order valence-electron chi connectivity index (χ0n) is 12.6. The van der Waals surface area contributed by atoms with Gasteiger partial charge in [-0.1, -0.05) is 27.7 Å². The molecule has 104 valence electrons. The van der Waals surface area contributed by atoms with Gasteiger partial charge in [0, 0.05) is 17.9 Å². The second-order valence-corrected chi connectivity index (χ2v) is 7.80. The number of nitrogens with zero attached hydrogens (tertiary/aromatic N) is 1. The first kappa shape index (κ1) is 14.0. The Labute approximate surface area is 112 Å². The van der Waals surface area contributed by atoms with Crippen LogP contribution in [0.5, 0.6) is 0 Å². The average Bonchev–Trinajstić information content (AvgIpc) is 2.45. The van der Waals surface area contributed by atoms with Crippen LogP contribution in [0.25, 0.3) is 0 Å². The molecule has 1 unspecified atom stereocenters. The summed E-state index contributed by atoms with van der Waals surface area (Å²) in [6.07, 6.45) is 6.07. The zero-order chi connectivity index (χ0) is 13.4. The number of rotatable bonds is 2. The van der Waals surface area contributed by atoms with E-state index in [0.29, 0.717) is 17.1 Å². The van der Waals surface area contributed by atoms with Crippen LogP contribution >= 0.6 is 0 Å². The molecule has 18 heavy (non-hydrogen) atoms. The molecule has 0 radical (unpaired) electrons. The fourth-order valence-electron chi connectivity index (χ4n) is 3.49. The molecule has 0 aromatic carbocycles. The number of carbonyl (C=O) groups excluding carboxylic acids is 1. The summed E-state index contributed by atoms with van der Waals surface area (Å²) in [6.45, 7) is 12.4. The van der Waals surface area contributed by atoms with Gasteiger partial charge >= 0.3 is 0 Å². The predicted molar refractivity (Wildman–Crippen MR) is 75.6 cm³/mol. The van der Waals surface area contributed by atoms with E-state index in [-0.39, 0.29) is 5.41 Å². The minimum atomic E-state index is -0.0597. The topological polar surface area (TPSA) is 20.3 Å². The molecular formula is C16H29NO. The van der Waals surface area contributed by atoms with E-state index in [9.17, 15) is 4.79 Å². The number of ketones is 1. The van der Waals surface area contributed by atoms with Crippen LogP contribution in [0.2, 0.25) is 0 Å². The first-order valence-electron chi connectivity index (χ1n) is 7.57. The molecule has 0 bridgehead atoms. The van der Waals surface area contributed by atoms with Gasteiger partial charge in [0.2, 0.25) is 0 Å². The van der Waals surface area contributed by atoms with E-state index in [2.05, 4.69) is 32.6 Å². The first-order chi connectivity index (χ1) is 8.30. The fourth-order valence-corrected chi connectivity index (χ4v) is 3.49. The average molecular weight is 251 g/mol. The van der Waals surface area contributed by atoms with Crippen molar-refractivity contribution >= 4 is 5.78 Å². The summed E-state index contributed by atoms with van der Waals surface area (Å²) < 4.78 is 0. The SMILES string of the molecule is CC1(C)CCCN(CC2CCC(C)(C)C2=O)CC1. The molecule has 2 nitrogen and oxygen atoms in total. The molecule has 1 aliphatic heterocycles. The van der Waals surface area contributed by atoms with Gasteiger partial charge in [-0.15, -0.1) is 0 Å². The van der Waals surface area contributed by atoms with Crippen LogP contribution in [-0.4, -0.2) is 30.3 Å². The largest absolute Gasteiger partial charge is 0.303 e. The molecule has 1 heterocycles. The van der Waals surface area contributed by atoms with Gasteiger partial charge in [-0.25, -0.2) is 0 Å². The van der Waals surface area contributed by atoms with Crippen molar-refractivity contribution in [2.24, 2.45) is 16.7 Å². The molecule has 0 amide bonds. The van der Waals surface area contributed by atoms with E-state index in [1.54, 1.807) is 0 Å². The molecule has 1 saturated heterocycles. The highest BCUT2D eigenvalue weighted by Gasteiger charge is 2.41. The van der Waals surface area contributed by atoms with Crippen molar-refractivity contribution in [1.29, 1.82) is 0 Å². The van der Waals surface area contributed by atoms with Crippen molar-refractivity contribution in [3.8, 4) is 0 Å². The maximum Gasteiger partial charge on any atom is 0.142 e. The molecule has 0 N–H and O–H groups in total. The van der Waals surface area contributed by atoms with Crippen molar-refractivity contribution in [3.05, 3.63) is 0 Å². The molecule has 2 fully saturated rings. The third-order valence-corrected chi connectivity index (χ3v) is 5.07. The number of hydrogen-bond donors (Lipinski definition) is 0. The molecule has 1 saturated carbocycles. The van der Waals surface area contributed by atoms with Crippen LogP contribution < -0.4 is 0 Å². The predicted octanol–water partition coefficient (Wildman–Crippen LogP) is 3.50. The van der Waals surface area contributed by atoms with Crippen molar-refractivity contribution < 1.29 is 4.79 Å². The van der Waals surface area contributed by atoms with Gasteiger partial charge in [-0.3, -0.25) is 4.79 Å². The standard InChI is InChI=1S/C16H29NO/c1-15(2)7-5-10-17(11-9-15)12-13-6-8-16(3,4)14(13)18/h13H,5-12H2,1-4H3. The van der Waals surface area contributed by atoms with Crippen molar-refractivity contribution in [3.63, 3.8) is 0 Å². The molecule has 2 aliphatic rings. The lowest BCUT2D eigenvalue weighted by atomic mass is 9.85. The molecule has 2 rings (SSSR count). The van der Waals surface area contributed by atoms with E-state index in [1.165, 1.54) is 32.4 Å². The summed E-state index contributed by atoms with van der Waals surface area (Å²) in [6, 6.07) is 0. The molecule has 0 spiro atoms. The Morgan fingerprint density at radius 1 is 1.11 bits per heavy atom. The van der Waals surface area contributed by atoms with E-state index in [1.807, 2.05) is 0 Å². The van der Waals surface area contributed by atoms with Crippen LogP contribution in [0.3, 0.4) is 0 Å². The van der Waals surface area contributed by atoms with Gasteiger partial charge < -0.3 is 4.90 Å². The summed E-state index contributed by atoms with van der Waals surface area (Å²) in [7, 11) is 0. The van der Waals surface area contributed by atoms with Crippen LogP contribution in [0.4, 0.5) is 0 Å². The maximum absolute atomic E-state index is 12.3. The maximum atomic E-state index is 12.3. The van der Waals surface area contributed by atoms with E-state index >= 15 is 0 Å². The Kier molecular flexibility index (Phi) is 3.87. The van der Waals surface area contributed by atoms with Crippen LogP contribution in [0, 0.1) is 16.7 Å². The van der Waals surface area contributed by atoms with Crippen LogP contribution in [0.1, 0.15) is 59.8 Å². The van der Waals surface area contributed by atoms with Gasteiger partial charge in [0.05, 0.1) is 0 Å². The fraction of sp³-hybridized carbons (Fsp3) is 0.938. The summed E-state index contributed by atoms with van der Waals surface area (Å²) in [5, 5.41) is 0. The lowest BCUT2D eigenvalue weighted by Gasteiger charge is -2.25. The van der Waals surface area contributed by atoms with Gasteiger partial charge in [-0.05, 0) is 50.6 Å². The third kappa shape index (κ3) is 3.14. The van der Waals surface area contributed by atoms with E-state index in [4.69, 9.17) is 0 Å². The number of likely N-dealkylation sites (tertiary alicyclic amines) is 1. The highest BCUT2D eigenvalue weighted by atomic mass is 16.1. The number of Topliss-reactive ketones (excluding diaryl/α,β-unsaturated/α-hetero) is 1. The molecule has 0 aromatic heterocycles. The number of hydrogen-bond acceptors (Lipinski definition) is 2. The smallest absolute Gasteiger partial charge is 0.142 e. The third-order valence-electron chi connectivity index (χ3n) is 5.07. The van der Waals surface area contributed by atoms with E-state index < -0.39 is 0 Å². The minimum absolute atomic E-state index is 0.0597. The lowest BCUT2D eigenvalue weighted by molar-refractivity contribution is -0.127. The molecule has 2 heteroatoms. The minimum Gasteiger partial charge on any atom is -0.303 e. The van der Waals surface area contributed by atoms with Gasteiger partial charge in [0.1, 0.15) is 5.78 Å². The summed E-state index contributed by atoms with van der Waals surface area (Å²) in [5.74, 6) is 0.812. The normalized spacial score (nSPS) is 32.4. The summed E-state index contributed by atoms with van der Waals surface area (Å²) in [5.41, 5.74) is 0.434. The molecule has 1 aliphatic carbocycles. The second-order valence-electron chi connectivity index (χ2n) is 7.80. The summed E-state index contributed by atoms with van der Waals surface area (Å²) >= 11 is 0. The Morgan fingerprint density at radius 2 is 1.83 bits per heavy atom. The zero-order valence-corrected chi connectivity index (χ0v) is 12.6. The van der Waals surface area contributed by atoms with Gasteiger partial charge in [0.25, 0.3) is 0 Å². The molecule has 0 aromatic rings. The first-order valence-corrected chi connectivity index (χ1v) is 7.57. The van der Waals surface area contributed by atoms with Crippen LogP contribution in [-0.2, 0) is 4.79 Å². The van der Waals surface area contributed by atoms with Gasteiger partial charge in [-0.2, -0.15) is 0 Å². The molecular weight excluding hydrogens is 222 g/mol. The Balaban J connectivity index is 1.89. The van der Waals surface area contributed by atoms with E-state index in [0.717, 1.165) is 19.4 Å². The monoisotopic (exact) mass is 251 g/mol. The highest BCUT2D eigenvalue weighted by Crippen LogP contribution is 2.38. The highest BCUT2D eigenvalue weighted by molar-refractivity contribution is 5.88. The lowest BCUT2D eigenvalue weighted by Crippen LogP contribution is -2.34. The van der Waals surface area contributed by atoms with Gasteiger partial charge in [0.15, 0.2) is 0 Å². The quantitative estimate of drug-likeness (QED) is 0.748. The van der Waals surface area contributed by atoms with Crippen molar-refractivity contribution in [2.45, 2.75) is 59.8 Å².